The van der Waals surface area contributed by atoms with E-state index in [1.54, 1.807) is 36.7 Å². The molecule has 1 aromatic carbocycles. The summed E-state index contributed by atoms with van der Waals surface area (Å²) >= 11 is 0. The van der Waals surface area contributed by atoms with Gasteiger partial charge in [0.25, 0.3) is 0 Å². The molecule has 0 aliphatic heterocycles. The number of nitrogens with zero attached hydrogens (tertiary/aromatic N) is 2. The van der Waals surface area contributed by atoms with Gasteiger partial charge in [-0.2, -0.15) is 4.31 Å². The van der Waals surface area contributed by atoms with Crippen molar-refractivity contribution in [2.75, 3.05) is 12.3 Å². The molecule has 2 N–H and O–H groups in total. The highest BCUT2D eigenvalue weighted by atomic mass is 32.2. The summed E-state index contributed by atoms with van der Waals surface area (Å²) in [6.07, 6.45) is 3.32. The van der Waals surface area contributed by atoms with E-state index in [0.29, 0.717) is 24.3 Å². The van der Waals surface area contributed by atoms with Gasteiger partial charge in [-0.05, 0) is 29.3 Å². The van der Waals surface area contributed by atoms with Crippen LogP contribution in [0.5, 0.6) is 0 Å². The third kappa shape index (κ3) is 4.03. The molecule has 0 bridgehead atoms. The highest BCUT2D eigenvalue weighted by Crippen LogP contribution is 2.18. The Bertz CT molecular complexity index is 687. The summed E-state index contributed by atoms with van der Waals surface area (Å²) in [5, 5.41) is 0. The van der Waals surface area contributed by atoms with Crippen LogP contribution in [0, 0.1) is 0 Å². The Labute approximate surface area is 125 Å². The molecule has 0 unspecified atom stereocenters. The normalized spacial score (nSPS) is 11.7. The second-order valence-corrected chi connectivity index (χ2v) is 6.71. The number of pyridine rings is 1. The molecule has 0 amide bonds. The van der Waals surface area contributed by atoms with Gasteiger partial charge in [0.1, 0.15) is 0 Å². The first-order chi connectivity index (χ1) is 10.0. The Morgan fingerprint density at radius 2 is 1.81 bits per heavy atom. The van der Waals surface area contributed by atoms with Crippen molar-refractivity contribution in [1.82, 2.24) is 9.29 Å². The molecule has 0 atom stereocenters. The molecule has 21 heavy (non-hydrogen) atoms. The number of sulfonamides is 1. The number of nitrogen functional groups attached to an aromatic ring is 1. The van der Waals surface area contributed by atoms with E-state index in [1.165, 1.54) is 4.31 Å². The largest absolute Gasteiger partial charge is 0.398 e. The van der Waals surface area contributed by atoms with Crippen molar-refractivity contribution in [3.05, 3.63) is 59.9 Å². The lowest BCUT2D eigenvalue weighted by atomic mass is 10.2. The summed E-state index contributed by atoms with van der Waals surface area (Å²) in [5.74, 6) is -0.0847. The van der Waals surface area contributed by atoms with E-state index in [0.717, 1.165) is 5.56 Å². The Balaban J connectivity index is 2.18. The third-order valence-electron chi connectivity index (χ3n) is 3.25. The predicted octanol–water partition coefficient (Wildman–Crippen LogP) is 2.02. The summed E-state index contributed by atoms with van der Waals surface area (Å²) < 4.78 is 26.5. The molecule has 0 radical (unpaired) electrons. The zero-order valence-corrected chi connectivity index (χ0v) is 12.8. The van der Waals surface area contributed by atoms with Gasteiger partial charge < -0.3 is 5.73 Å². The first-order valence-electron chi connectivity index (χ1n) is 6.73. The average molecular weight is 305 g/mol. The molecule has 2 rings (SSSR count). The van der Waals surface area contributed by atoms with Crippen molar-refractivity contribution < 1.29 is 8.42 Å². The van der Waals surface area contributed by atoms with Crippen molar-refractivity contribution in [3.8, 4) is 0 Å². The molecule has 0 saturated heterocycles. The Hall–Kier alpha value is -1.92. The van der Waals surface area contributed by atoms with Gasteiger partial charge in [0.15, 0.2) is 0 Å². The highest BCUT2D eigenvalue weighted by molar-refractivity contribution is 7.88. The smallest absolute Gasteiger partial charge is 0.218 e. The number of hydrogen-bond acceptors (Lipinski definition) is 4. The Morgan fingerprint density at radius 3 is 2.43 bits per heavy atom. The number of aromatic nitrogens is 1. The fourth-order valence-corrected chi connectivity index (χ4v) is 3.63. The lowest BCUT2D eigenvalue weighted by Crippen LogP contribution is -2.31. The first kappa shape index (κ1) is 15.5. The van der Waals surface area contributed by atoms with Gasteiger partial charge >= 0.3 is 0 Å². The quantitative estimate of drug-likeness (QED) is 0.828. The maximum absolute atomic E-state index is 12.5. The maximum Gasteiger partial charge on any atom is 0.218 e. The summed E-state index contributed by atoms with van der Waals surface area (Å²) in [6, 6.07) is 10.7. The number of rotatable bonds is 6. The lowest BCUT2D eigenvalue weighted by Gasteiger charge is -2.21. The summed E-state index contributed by atoms with van der Waals surface area (Å²) in [4.78, 5) is 3.94. The van der Waals surface area contributed by atoms with Crippen LogP contribution in [0.15, 0.2) is 48.8 Å². The molecule has 0 aliphatic rings. The molecular weight excluding hydrogens is 286 g/mol. The van der Waals surface area contributed by atoms with Gasteiger partial charge in [0.05, 0.1) is 5.75 Å². The summed E-state index contributed by atoms with van der Waals surface area (Å²) in [6.45, 7) is 2.58. The second kappa shape index (κ2) is 6.69. The fourth-order valence-electron chi connectivity index (χ4n) is 2.05. The number of anilines is 1. The summed E-state index contributed by atoms with van der Waals surface area (Å²) in [5.41, 5.74) is 7.88. The predicted molar refractivity (Wildman–Crippen MR) is 83.8 cm³/mol. The number of benzene rings is 1. The molecule has 1 aromatic heterocycles. The van der Waals surface area contributed by atoms with Crippen LogP contribution in [0.1, 0.15) is 18.1 Å². The van der Waals surface area contributed by atoms with Crippen molar-refractivity contribution in [2.45, 2.75) is 19.2 Å². The van der Waals surface area contributed by atoms with Gasteiger partial charge in [-0.25, -0.2) is 8.42 Å². The highest BCUT2D eigenvalue weighted by Gasteiger charge is 2.22. The van der Waals surface area contributed by atoms with Gasteiger partial charge in [0.2, 0.25) is 10.0 Å². The molecule has 1 heterocycles. The van der Waals surface area contributed by atoms with Crippen LogP contribution in [-0.4, -0.2) is 24.3 Å². The van der Waals surface area contributed by atoms with E-state index in [9.17, 15) is 8.42 Å². The topological polar surface area (TPSA) is 76.3 Å². The van der Waals surface area contributed by atoms with Crippen molar-refractivity contribution in [3.63, 3.8) is 0 Å². The zero-order chi connectivity index (χ0) is 15.3. The van der Waals surface area contributed by atoms with Crippen LogP contribution in [0.3, 0.4) is 0 Å². The van der Waals surface area contributed by atoms with E-state index in [2.05, 4.69) is 4.98 Å². The lowest BCUT2D eigenvalue weighted by molar-refractivity contribution is 0.422. The van der Waals surface area contributed by atoms with Crippen molar-refractivity contribution in [1.29, 1.82) is 0 Å². The minimum atomic E-state index is -3.41. The number of nitrogens with two attached hydrogens (primary N) is 1. The Kier molecular flexibility index (Phi) is 4.93. The van der Waals surface area contributed by atoms with Gasteiger partial charge in [0, 0.05) is 31.2 Å². The zero-order valence-electron chi connectivity index (χ0n) is 11.9. The SMILES string of the molecule is CCN(Cc1ccncc1)S(=O)(=O)Cc1ccccc1N. The minimum Gasteiger partial charge on any atom is -0.398 e. The number of para-hydroxylation sites is 1. The monoisotopic (exact) mass is 305 g/mol. The van der Waals surface area contributed by atoms with Crippen LogP contribution in [0.4, 0.5) is 5.69 Å². The minimum absolute atomic E-state index is 0.0847. The van der Waals surface area contributed by atoms with Crippen molar-refractivity contribution in [2.24, 2.45) is 0 Å². The van der Waals surface area contributed by atoms with Gasteiger partial charge in [-0.1, -0.05) is 25.1 Å². The third-order valence-corrected chi connectivity index (χ3v) is 5.10. The summed E-state index contributed by atoms with van der Waals surface area (Å²) in [7, 11) is -3.41. The molecule has 0 spiro atoms. The Morgan fingerprint density at radius 1 is 1.14 bits per heavy atom. The van der Waals surface area contributed by atoms with Crippen LogP contribution < -0.4 is 5.73 Å². The van der Waals surface area contributed by atoms with Crippen LogP contribution in [0.25, 0.3) is 0 Å². The van der Waals surface area contributed by atoms with Gasteiger partial charge in [-0.3, -0.25) is 4.98 Å². The molecular formula is C15H19N3O2S. The first-order valence-corrected chi connectivity index (χ1v) is 8.34. The van der Waals surface area contributed by atoms with E-state index in [1.807, 2.05) is 19.1 Å². The molecule has 0 saturated carbocycles. The molecule has 5 nitrogen and oxygen atoms in total. The molecule has 0 fully saturated rings. The molecule has 0 aliphatic carbocycles. The fraction of sp³-hybridized carbons (Fsp3) is 0.267. The van der Waals surface area contributed by atoms with Gasteiger partial charge in [-0.15, -0.1) is 0 Å². The maximum atomic E-state index is 12.5. The van der Waals surface area contributed by atoms with Crippen LogP contribution in [-0.2, 0) is 22.3 Å². The van der Waals surface area contributed by atoms with E-state index in [-0.39, 0.29) is 5.75 Å². The second-order valence-electron chi connectivity index (χ2n) is 4.74. The number of hydrogen-bond donors (Lipinski definition) is 1. The van der Waals surface area contributed by atoms with E-state index in [4.69, 9.17) is 5.73 Å². The van der Waals surface area contributed by atoms with E-state index >= 15 is 0 Å². The molecule has 2 aromatic rings. The molecule has 112 valence electrons. The van der Waals surface area contributed by atoms with Crippen molar-refractivity contribution >= 4 is 15.7 Å². The standard InChI is InChI=1S/C15H19N3O2S/c1-2-18(11-13-7-9-17-10-8-13)21(19,20)12-14-5-3-4-6-15(14)16/h3-10H,2,11-12,16H2,1H3. The molecule has 6 heteroatoms. The van der Waals surface area contributed by atoms with Crippen LogP contribution >= 0.6 is 0 Å². The van der Waals surface area contributed by atoms with E-state index < -0.39 is 10.0 Å². The van der Waals surface area contributed by atoms with Crippen LogP contribution in [0.2, 0.25) is 0 Å². The average Bonchev–Trinajstić information content (AvgIpc) is 2.48.